The number of benzene rings is 1. The summed E-state index contributed by atoms with van der Waals surface area (Å²) in [5.41, 5.74) is 4.62. The molecule has 0 N–H and O–H groups in total. The van der Waals surface area contributed by atoms with Crippen molar-refractivity contribution in [1.29, 1.82) is 0 Å². The van der Waals surface area contributed by atoms with E-state index in [1.807, 2.05) is 43.3 Å². The van der Waals surface area contributed by atoms with Gasteiger partial charge in [-0.1, -0.05) is 31.2 Å². The Kier molecular flexibility index (Phi) is 4.77. The van der Waals surface area contributed by atoms with Crippen LogP contribution in [0, 0.1) is 0 Å². The van der Waals surface area contributed by atoms with Gasteiger partial charge in [0.25, 0.3) is 0 Å². The van der Waals surface area contributed by atoms with Crippen LogP contribution in [-0.4, -0.2) is 33.1 Å². The van der Waals surface area contributed by atoms with E-state index < -0.39 is 0 Å². The highest BCUT2D eigenvalue weighted by molar-refractivity contribution is 6.05. The van der Waals surface area contributed by atoms with Gasteiger partial charge in [-0.3, -0.25) is 4.79 Å². The Hall–Kier alpha value is -3.28. The molecule has 6 heteroatoms. The van der Waals surface area contributed by atoms with Gasteiger partial charge in [0.1, 0.15) is 5.56 Å². The lowest BCUT2D eigenvalue weighted by atomic mass is 10.00. The zero-order valence-corrected chi connectivity index (χ0v) is 15.9. The highest BCUT2D eigenvalue weighted by atomic mass is 16.5. The minimum absolute atomic E-state index is 0.163. The molecule has 4 rings (SSSR count). The van der Waals surface area contributed by atoms with Gasteiger partial charge in [0.15, 0.2) is 11.6 Å². The lowest BCUT2D eigenvalue weighted by Crippen LogP contribution is -2.10. The van der Waals surface area contributed by atoms with Gasteiger partial charge < -0.3 is 4.74 Å². The van der Waals surface area contributed by atoms with Crippen LogP contribution in [0.25, 0.3) is 17.1 Å². The minimum Gasteiger partial charge on any atom is -0.462 e. The van der Waals surface area contributed by atoms with Crippen molar-refractivity contribution >= 4 is 11.8 Å². The molecule has 6 nitrogen and oxygen atoms in total. The summed E-state index contributed by atoms with van der Waals surface area (Å²) >= 11 is 0. The van der Waals surface area contributed by atoms with Crippen LogP contribution >= 0.6 is 0 Å². The van der Waals surface area contributed by atoms with Gasteiger partial charge >= 0.3 is 5.97 Å². The molecule has 1 aliphatic rings. The van der Waals surface area contributed by atoms with Crippen LogP contribution in [0.2, 0.25) is 0 Å². The van der Waals surface area contributed by atoms with E-state index in [1.165, 1.54) is 6.20 Å². The van der Waals surface area contributed by atoms with Crippen molar-refractivity contribution in [3.8, 4) is 17.1 Å². The van der Waals surface area contributed by atoms with Gasteiger partial charge in [0.2, 0.25) is 0 Å². The zero-order chi connectivity index (χ0) is 19.7. The van der Waals surface area contributed by atoms with Crippen molar-refractivity contribution in [2.45, 2.75) is 33.1 Å². The lowest BCUT2D eigenvalue weighted by molar-refractivity contribution is 0.0525. The normalized spacial score (nSPS) is 12.9. The summed E-state index contributed by atoms with van der Waals surface area (Å²) in [5.74, 6) is 0.386. The van der Waals surface area contributed by atoms with E-state index >= 15 is 0 Å². The highest BCUT2D eigenvalue weighted by Crippen LogP contribution is 2.32. The molecule has 0 unspecified atom stereocenters. The monoisotopic (exact) mass is 375 g/mol. The standard InChI is InChI=1S/C22H21N3O3/c1-3-18-16(22(27)28-4-2)13-23-25(18)20-10-6-9-17(24-20)15-8-5-7-14-11-12-19(26)21(14)15/h5-10,13H,3-4,11-12H2,1-2H3. The van der Waals surface area contributed by atoms with E-state index in [9.17, 15) is 9.59 Å². The molecule has 2 aromatic heterocycles. The van der Waals surface area contributed by atoms with Gasteiger partial charge in [-0.05, 0) is 37.5 Å². The van der Waals surface area contributed by atoms with Crippen molar-refractivity contribution in [1.82, 2.24) is 14.8 Å². The van der Waals surface area contributed by atoms with Crippen LogP contribution in [0.4, 0.5) is 0 Å². The molecule has 0 saturated carbocycles. The largest absolute Gasteiger partial charge is 0.462 e. The van der Waals surface area contributed by atoms with E-state index in [0.29, 0.717) is 30.8 Å². The number of Topliss-reactive ketones (excluding diaryl/α,β-unsaturated/α-hetero) is 1. The average molecular weight is 375 g/mol. The third-order valence-electron chi connectivity index (χ3n) is 4.98. The molecule has 0 aliphatic heterocycles. The van der Waals surface area contributed by atoms with Crippen molar-refractivity contribution in [3.05, 3.63) is 65.0 Å². The summed E-state index contributed by atoms with van der Waals surface area (Å²) in [6.45, 7) is 4.05. The fourth-order valence-electron chi connectivity index (χ4n) is 3.71. The predicted molar refractivity (Wildman–Crippen MR) is 105 cm³/mol. The van der Waals surface area contributed by atoms with Crippen LogP contribution in [0.1, 0.15) is 52.2 Å². The number of carbonyl (C=O) groups is 2. The predicted octanol–water partition coefficient (Wildman–Crippen LogP) is 3.80. The lowest BCUT2D eigenvalue weighted by Gasteiger charge is -2.11. The Labute approximate surface area is 163 Å². The third kappa shape index (κ3) is 3.01. The van der Waals surface area contributed by atoms with Crippen LogP contribution in [0.3, 0.4) is 0 Å². The quantitative estimate of drug-likeness (QED) is 0.634. The Morgan fingerprint density at radius 2 is 1.96 bits per heavy atom. The maximum Gasteiger partial charge on any atom is 0.341 e. The van der Waals surface area contributed by atoms with Crippen LogP contribution in [-0.2, 0) is 17.6 Å². The van der Waals surface area contributed by atoms with Crippen LogP contribution in [0.5, 0.6) is 0 Å². The summed E-state index contributed by atoms with van der Waals surface area (Å²) in [6.07, 6.45) is 3.46. The Morgan fingerprint density at radius 1 is 1.14 bits per heavy atom. The molecular weight excluding hydrogens is 354 g/mol. The minimum atomic E-state index is -0.381. The fraction of sp³-hybridized carbons (Fsp3) is 0.273. The topological polar surface area (TPSA) is 74.1 Å². The zero-order valence-electron chi connectivity index (χ0n) is 15.9. The van der Waals surface area contributed by atoms with Crippen molar-refractivity contribution in [2.24, 2.45) is 0 Å². The molecule has 0 fully saturated rings. The molecule has 0 atom stereocenters. The van der Waals surface area contributed by atoms with Crippen molar-refractivity contribution < 1.29 is 14.3 Å². The average Bonchev–Trinajstić information content (AvgIpc) is 3.32. The third-order valence-corrected chi connectivity index (χ3v) is 4.98. The molecule has 2 heterocycles. The molecule has 28 heavy (non-hydrogen) atoms. The molecule has 0 saturated heterocycles. The summed E-state index contributed by atoms with van der Waals surface area (Å²) in [7, 11) is 0. The first-order chi connectivity index (χ1) is 13.6. The molecule has 0 radical (unpaired) electrons. The number of nitrogens with zero attached hydrogens (tertiary/aromatic N) is 3. The van der Waals surface area contributed by atoms with E-state index in [0.717, 1.165) is 34.5 Å². The summed E-state index contributed by atoms with van der Waals surface area (Å²) < 4.78 is 6.79. The summed E-state index contributed by atoms with van der Waals surface area (Å²) in [4.78, 5) is 29.3. The molecule has 1 aromatic carbocycles. The Bertz CT molecular complexity index is 1070. The molecule has 3 aromatic rings. The van der Waals surface area contributed by atoms with E-state index in [4.69, 9.17) is 9.72 Å². The highest BCUT2D eigenvalue weighted by Gasteiger charge is 2.24. The number of esters is 1. The maximum atomic E-state index is 12.4. The molecular formula is C22H21N3O3. The molecule has 0 bridgehead atoms. The first-order valence-electron chi connectivity index (χ1n) is 9.51. The van der Waals surface area contributed by atoms with Gasteiger partial charge in [0.05, 0.1) is 24.2 Å². The van der Waals surface area contributed by atoms with Gasteiger partial charge in [-0.15, -0.1) is 0 Å². The number of hydrogen-bond acceptors (Lipinski definition) is 5. The molecule has 1 aliphatic carbocycles. The second-order valence-corrected chi connectivity index (χ2v) is 6.63. The molecule has 0 amide bonds. The number of rotatable bonds is 5. The van der Waals surface area contributed by atoms with E-state index in [1.54, 1.807) is 11.6 Å². The van der Waals surface area contributed by atoms with Crippen molar-refractivity contribution in [3.63, 3.8) is 0 Å². The molecule has 142 valence electrons. The number of carbonyl (C=O) groups excluding carboxylic acids is 2. The fourth-order valence-corrected chi connectivity index (χ4v) is 3.71. The maximum absolute atomic E-state index is 12.4. The first kappa shape index (κ1) is 18.1. The SMILES string of the molecule is CCOC(=O)c1cnn(-c2cccc(-c3cccc4c3C(=O)CC4)n2)c1CC. The number of hydrogen-bond donors (Lipinski definition) is 0. The number of ketones is 1. The second-order valence-electron chi connectivity index (χ2n) is 6.63. The van der Waals surface area contributed by atoms with Crippen LogP contribution < -0.4 is 0 Å². The smallest absolute Gasteiger partial charge is 0.341 e. The Balaban J connectivity index is 1.79. The van der Waals surface area contributed by atoms with Gasteiger partial charge in [-0.2, -0.15) is 5.10 Å². The summed E-state index contributed by atoms with van der Waals surface area (Å²) in [5, 5.41) is 4.37. The van der Waals surface area contributed by atoms with E-state index in [2.05, 4.69) is 5.10 Å². The molecule has 0 spiro atoms. The number of ether oxygens (including phenoxy) is 1. The van der Waals surface area contributed by atoms with Crippen LogP contribution in [0.15, 0.2) is 42.6 Å². The number of fused-ring (bicyclic) bond motifs is 1. The second kappa shape index (κ2) is 7.38. The van der Waals surface area contributed by atoms with Crippen molar-refractivity contribution in [2.75, 3.05) is 6.61 Å². The van der Waals surface area contributed by atoms with E-state index in [-0.39, 0.29) is 11.8 Å². The number of pyridine rings is 1. The summed E-state index contributed by atoms with van der Waals surface area (Å²) in [6, 6.07) is 11.5. The number of aromatic nitrogens is 3. The Morgan fingerprint density at radius 3 is 2.75 bits per heavy atom. The van der Waals surface area contributed by atoms with Gasteiger partial charge in [-0.25, -0.2) is 14.5 Å². The van der Waals surface area contributed by atoms with Gasteiger partial charge in [0, 0.05) is 17.5 Å². The number of aryl methyl sites for hydroxylation is 1. The first-order valence-corrected chi connectivity index (χ1v) is 9.51.